The topological polar surface area (TPSA) is 48.3 Å². The molecule has 0 amide bonds. The van der Waals surface area contributed by atoms with E-state index >= 15 is 0 Å². The van der Waals surface area contributed by atoms with Crippen LogP contribution in [0.3, 0.4) is 0 Å². The molecule has 1 fully saturated rings. The molecule has 1 aromatic rings. The minimum absolute atomic E-state index is 0.772. The molecule has 0 aliphatic carbocycles. The van der Waals surface area contributed by atoms with Crippen molar-refractivity contribution in [1.82, 2.24) is 10.4 Å². The number of nitriles is 1. The Morgan fingerprint density at radius 1 is 1.47 bits per heavy atom. The van der Waals surface area contributed by atoms with Gasteiger partial charge >= 0.3 is 0 Å². The van der Waals surface area contributed by atoms with Crippen LogP contribution in [0.15, 0.2) is 12.1 Å². The molecule has 80 valence electrons. The van der Waals surface area contributed by atoms with E-state index in [4.69, 9.17) is 10.00 Å². The molecule has 0 bridgehead atoms. The molecule has 0 radical (unpaired) electrons. The zero-order valence-corrected chi connectivity index (χ0v) is 9.22. The number of morpholine rings is 1. The van der Waals surface area contributed by atoms with Crippen LogP contribution >= 0.6 is 11.3 Å². The van der Waals surface area contributed by atoms with Crippen molar-refractivity contribution in [1.29, 1.82) is 5.26 Å². The van der Waals surface area contributed by atoms with Gasteiger partial charge in [-0.1, -0.05) is 0 Å². The normalized spacial score (nSPS) is 17.5. The highest BCUT2D eigenvalue weighted by Crippen LogP contribution is 2.14. The molecule has 0 atom stereocenters. The van der Waals surface area contributed by atoms with E-state index in [1.807, 2.05) is 12.1 Å². The molecule has 2 heterocycles. The van der Waals surface area contributed by atoms with Crippen LogP contribution < -0.4 is 5.43 Å². The molecule has 0 spiro atoms. The maximum atomic E-state index is 8.68. The quantitative estimate of drug-likeness (QED) is 0.829. The minimum Gasteiger partial charge on any atom is -0.379 e. The number of rotatable bonds is 3. The highest BCUT2D eigenvalue weighted by atomic mass is 32.1. The van der Waals surface area contributed by atoms with Gasteiger partial charge in [0.05, 0.1) is 13.2 Å². The van der Waals surface area contributed by atoms with E-state index in [0.29, 0.717) is 0 Å². The Hall–Kier alpha value is -0.930. The molecule has 4 nitrogen and oxygen atoms in total. The van der Waals surface area contributed by atoms with E-state index < -0.39 is 0 Å². The predicted octanol–water partition coefficient (Wildman–Crippen LogP) is 0.957. The number of nitrogens with one attached hydrogen (secondary N) is 1. The van der Waals surface area contributed by atoms with Gasteiger partial charge in [0.25, 0.3) is 0 Å². The van der Waals surface area contributed by atoms with Gasteiger partial charge < -0.3 is 4.74 Å². The van der Waals surface area contributed by atoms with Crippen molar-refractivity contribution >= 4 is 11.3 Å². The molecule has 1 aliphatic rings. The average Bonchev–Trinajstić information content (AvgIpc) is 2.76. The molecular weight excluding hydrogens is 210 g/mol. The van der Waals surface area contributed by atoms with Gasteiger partial charge in [-0.15, -0.1) is 11.3 Å². The van der Waals surface area contributed by atoms with Crippen LogP contribution in [0.25, 0.3) is 0 Å². The van der Waals surface area contributed by atoms with Crippen molar-refractivity contribution in [3.8, 4) is 6.07 Å². The van der Waals surface area contributed by atoms with Crippen LogP contribution in [-0.2, 0) is 11.3 Å². The zero-order chi connectivity index (χ0) is 10.5. The average molecular weight is 223 g/mol. The van der Waals surface area contributed by atoms with Gasteiger partial charge in [0.1, 0.15) is 10.9 Å². The van der Waals surface area contributed by atoms with Crippen LogP contribution in [0, 0.1) is 11.3 Å². The smallest absolute Gasteiger partial charge is 0.110 e. The Kier molecular flexibility index (Phi) is 3.69. The molecule has 2 rings (SSSR count). The molecule has 5 heteroatoms. The number of nitrogens with zero attached hydrogens (tertiary/aromatic N) is 2. The monoisotopic (exact) mass is 223 g/mol. The highest BCUT2D eigenvalue weighted by Gasteiger charge is 2.09. The van der Waals surface area contributed by atoms with Gasteiger partial charge in [0.2, 0.25) is 0 Å². The van der Waals surface area contributed by atoms with Crippen LogP contribution in [0.1, 0.15) is 9.75 Å². The second-order valence-electron chi connectivity index (χ2n) is 3.31. The van der Waals surface area contributed by atoms with Crippen molar-refractivity contribution in [2.75, 3.05) is 26.3 Å². The summed E-state index contributed by atoms with van der Waals surface area (Å²) < 4.78 is 5.25. The lowest BCUT2D eigenvalue weighted by atomic mass is 10.4. The lowest BCUT2D eigenvalue weighted by molar-refractivity contribution is 0.0107. The summed E-state index contributed by atoms with van der Waals surface area (Å²) in [6.45, 7) is 4.24. The summed E-state index contributed by atoms with van der Waals surface area (Å²) in [5, 5.41) is 10.8. The molecule has 1 aliphatic heterocycles. The standard InChI is InChI=1S/C10H13N3OS/c11-7-9-1-2-10(15-9)8-12-13-3-5-14-6-4-13/h1-2,12H,3-6,8H2. The Morgan fingerprint density at radius 3 is 2.93 bits per heavy atom. The second kappa shape index (κ2) is 5.24. The lowest BCUT2D eigenvalue weighted by Crippen LogP contribution is -2.45. The molecular formula is C10H13N3OS. The van der Waals surface area contributed by atoms with E-state index in [-0.39, 0.29) is 0 Å². The van der Waals surface area contributed by atoms with Crippen molar-refractivity contribution in [2.24, 2.45) is 0 Å². The minimum atomic E-state index is 0.772. The summed E-state index contributed by atoms with van der Waals surface area (Å²) in [7, 11) is 0. The third-order valence-corrected chi connectivity index (χ3v) is 3.25. The summed E-state index contributed by atoms with van der Waals surface area (Å²) in [4.78, 5) is 1.96. The number of ether oxygens (including phenoxy) is 1. The number of hydrazine groups is 1. The fourth-order valence-electron chi connectivity index (χ4n) is 1.44. The first kappa shape index (κ1) is 10.6. The summed E-state index contributed by atoms with van der Waals surface area (Å²) in [6, 6.07) is 6.00. The summed E-state index contributed by atoms with van der Waals surface area (Å²) in [5.41, 5.74) is 3.33. The Bertz CT molecular complexity index is 352. The van der Waals surface area contributed by atoms with Crippen molar-refractivity contribution < 1.29 is 4.74 Å². The largest absolute Gasteiger partial charge is 0.379 e. The van der Waals surface area contributed by atoms with Gasteiger partial charge in [-0.2, -0.15) is 5.26 Å². The molecule has 1 aromatic heterocycles. The molecule has 15 heavy (non-hydrogen) atoms. The maximum absolute atomic E-state index is 8.68. The van der Waals surface area contributed by atoms with Gasteiger partial charge in [0, 0.05) is 24.5 Å². The Balaban J connectivity index is 1.79. The number of hydrogen-bond donors (Lipinski definition) is 1. The SMILES string of the molecule is N#Cc1ccc(CNN2CCOCC2)s1. The molecule has 1 saturated heterocycles. The van der Waals surface area contributed by atoms with Crippen molar-refractivity contribution in [3.05, 3.63) is 21.9 Å². The molecule has 0 saturated carbocycles. The van der Waals surface area contributed by atoms with E-state index in [2.05, 4.69) is 16.5 Å². The van der Waals surface area contributed by atoms with Crippen LogP contribution in [0.2, 0.25) is 0 Å². The Labute approximate surface area is 93.0 Å². The van der Waals surface area contributed by atoms with Crippen LogP contribution in [0.5, 0.6) is 0 Å². The fourth-order valence-corrected chi connectivity index (χ4v) is 2.18. The van der Waals surface area contributed by atoms with Crippen LogP contribution in [-0.4, -0.2) is 31.3 Å². The first-order valence-corrected chi connectivity index (χ1v) is 5.75. The first-order valence-electron chi connectivity index (χ1n) is 4.93. The van der Waals surface area contributed by atoms with E-state index in [1.54, 1.807) is 0 Å². The van der Waals surface area contributed by atoms with E-state index in [0.717, 1.165) is 37.7 Å². The maximum Gasteiger partial charge on any atom is 0.110 e. The molecule has 0 aromatic carbocycles. The van der Waals surface area contributed by atoms with Crippen LogP contribution in [0.4, 0.5) is 0 Å². The summed E-state index contributed by atoms with van der Waals surface area (Å²) >= 11 is 1.54. The van der Waals surface area contributed by atoms with Crippen molar-refractivity contribution in [3.63, 3.8) is 0 Å². The third kappa shape index (κ3) is 3.01. The summed E-state index contributed by atoms with van der Waals surface area (Å²) in [6.07, 6.45) is 0. The second-order valence-corrected chi connectivity index (χ2v) is 4.48. The first-order chi connectivity index (χ1) is 7.38. The lowest BCUT2D eigenvalue weighted by Gasteiger charge is -2.26. The van der Waals surface area contributed by atoms with Gasteiger partial charge in [-0.3, -0.25) is 0 Å². The Morgan fingerprint density at radius 2 is 2.27 bits per heavy atom. The number of hydrogen-bond acceptors (Lipinski definition) is 5. The third-order valence-electron chi connectivity index (χ3n) is 2.26. The highest BCUT2D eigenvalue weighted by molar-refractivity contribution is 7.12. The van der Waals surface area contributed by atoms with E-state index in [9.17, 15) is 0 Å². The van der Waals surface area contributed by atoms with E-state index in [1.165, 1.54) is 16.2 Å². The van der Waals surface area contributed by atoms with Gasteiger partial charge in [-0.25, -0.2) is 10.4 Å². The molecule has 1 N–H and O–H groups in total. The zero-order valence-electron chi connectivity index (χ0n) is 8.40. The predicted molar refractivity (Wildman–Crippen MR) is 58.3 cm³/mol. The number of thiophene rings is 1. The summed E-state index contributed by atoms with van der Waals surface area (Å²) in [5.74, 6) is 0. The van der Waals surface area contributed by atoms with Gasteiger partial charge in [-0.05, 0) is 12.1 Å². The van der Waals surface area contributed by atoms with Crippen molar-refractivity contribution in [2.45, 2.75) is 6.54 Å². The van der Waals surface area contributed by atoms with Gasteiger partial charge in [0.15, 0.2) is 0 Å². The molecule has 0 unspecified atom stereocenters. The fraction of sp³-hybridized carbons (Fsp3) is 0.500.